The molecule has 0 N–H and O–H groups in total. The molecule has 2 atom stereocenters. The summed E-state index contributed by atoms with van der Waals surface area (Å²) in [4.78, 5) is 3.82. The summed E-state index contributed by atoms with van der Waals surface area (Å²) in [5, 5.41) is 4.02. The number of benzene rings is 1. The van der Waals surface area contributed by atoms with Crippen molar-refractivity contribution in [2.45, 2.75) is 36.5 Å². The highest BCUT2D eigenvalue weighted by Crippen LogP contribution is 2.50. The first-order valence-corrected chi connectivity index (χ1v) is 9.53. The molecule has 0 radical (unpaired) electrons. The third-order valence-corrected chi connectivity index (χ3v) is 7.17. The Morgan fingerprint density at radius 1 is 1.36 bits per heavy atom. The molecule has 1 saturated heterocycles. The molecule has 25 heavy (non-hydrogen) atoms. The summed E-state index contributed by atoms with van der Waals surface area (Å²) in [5.41, 5.74) is -0.499. The van der Waals surface area contributed by atoms with Crippen LogP contribution in [0.1, 0.15) is 31.0 Å². The van der Waals surface area contributed by atoms with Gasteiger partial charge < -0.3 is 4.52 Å². The molecule has 0 amide bonds. The summed E-state index contributed by atoms with van der Waals surface area (Å²) in [6, 6.07) is 2.51. The van der Waals surface area contributed by atoms with E-state index in [0.29, 0.717) is 17.8 Å². The van der Waals surface area contributed by atoms with Gasteiger partial charge in [-0.2, -0.15) is 9.29 Å². The average molecular weight is 369 g/mol. The van der Waals surface area contributed by atoms with Crippen molar-refractivity contribution in [3.8, 4) is 0 Å². The Morgan fingerprint density at radius 3 is 2.84 bits per heavy atom. The number of aromatic nitrogens is 2. The highest BCUT2D eigenvalue weighted by atomic mass is 32.2. The first kappa shape index (κ1) is 16.6. The summed E-state index contributed by atoms with van der Waals surface area (Å²) in [7, 11) is -4.06. The molecule has 0 spiro atoms. The van der Waals surface area contributed by atoms with E-state index >= 15 is 0 Å². The van der Waals surface area contributed by atoms with Crippen LogP contribution in [0.4, 0.5) is 8.78 Å². The maximum Gasteiger partial charge on any atom is 0.246 e. The average Bonchev–Trinajstić information content (AvgIpc) is 3.19. The molecule has 2 unspecified atom stereocenters. The fraction of sp³-hybridized carbons (Fsp3) is 0.500. The van der Waals surface area contributed by atoms with Gasteiger partial charge in [-0.05, 0) is 30.9 Å². The molecule has 1 aliphatic heterocycles. The van der Waals surface area contributed by atoms with Crippen LogP contribution >= 0.6 is 0 Å². The van der Waals surface area contributed by atoms with E-state index in [-0.39, 0.29) is 19.0 Å². The number of aryl methyl sites for hydroxylation is 1. The third kappa shape index (κ3) is 2.48. The summed E-state index contributed by atoms with van der Waals surface area (Å²) < 4.78 is 59.2. The molecule has 2 heterocycles. The quantitative estimate of drug-likeness (QED) is 0.830. The van der Waals surface area contributed by atoms with Crippen LogP contribution in [0.15, 0.2) is 27.6 Å². The zero-order valence-corrected chi connectivity index (χ0v) is 14.4. The molecular weight excluding hydrogens is 352 g/mol. The molecule has 2 fully saturated rings. The van der Waals surface area contributed by atoms with Crippen molar-refractivity contribution in [1.82, 2.24) is 14.4 Å². The van der Waals surface area contributed by atoms with Crippen molar-refractivity contribution in [3.05, 3.63) is 41.5 Å². The van der Waals surface area contributed by atoms with E-state index in [1.165, 1.54) is 4.31 Å². The second-order valence-electron chi connectivity index (χ2n) is 6.75. The van der Waals surface area contributed by atoms with Crippen LogP contribution in [0.25, 0.3) is 0 Å². The minimum atomic E-state index is -4.06. The number of hydrogen-bond acceptors (Lipinski definition) is 5. The number of sulfonamides is 1. The van der Waals surface area contributed by atoms with Crippen molar-refractivity contribution in [1.29, 1.82) is 0 Å². The van der Waals surface area contributed by atoms with E-state index in [1.54, 1.807) is 6.92 Å². The molecular formula is C16H17F2N3O3S. The van der Waals surface area contributed by atoms with Crippen molar-refractivity contribution < 1.29 is 21.7 Å². The van der Waals surface area contributed by atoms with Gasteiger partial charge >= 0.3 is 0 Å². The molecule has 0 bridgehead atoms. The number of rotatable bonds is 3. The van der Waals surface area contributed by atoms with Gasteiger partial charge in [-0.25, -0.2) is 17.2 Å². The van der Waals surface area contributed by atoms with E-state index in [1.807, 2.05) is 0 Å². The molecule has 1 aromatic heterocycles. The Bertz CT molecular complexity index is 930. The van der Waals surface area contributed by atoms with E-state index in [0.717, 1.165) is 31.4 Å². The zero-order valence-electron chi connectivity index (χ0n) is 13.6. The lowest BCUT2D eigenvalue weighted by molar-refractivity contribution is 0.332. The van der Waals surface area contributed by atoms with Gasteiger partial charge in [-0.15, -0.1) is 0 Å². The van der Waals surface area contributed by atoms with Crippen molar-refractivity contribution >= 4 is 10.0 Å². The maximum atomic E-state index is 14.0. The smallest absolute Gasteiger partial charge is 0.246 e. The minimum Gasteiger partial charge on any atom is -0.340 e. The Morgan fingerprint density at radius 2 is 2.16 bits per heavy atom. The fourth-order valence-electron chi connectivity index (χ4n) is 4.12. The molecule has 4 rings (SSSR count). The van der Waals surface area contributed by atoms with Gasteiger partial charge in [0.1, 0.15) is 16.5 Å². The Kier molecular flexibility index (Phi) is 3.69. The maximum absolute atomic E-state index is 14.0. The highest BCUT2D eigenvalue weighted by molar-refractivity contribution is 7.89. The van der Waals surface area contributed by atoms with Gasteiger partial charge in [0.15, 0.2) is 5.82 Å². The summed E-state index contributed by atoms with van der Waals surface area (Å²) in [6.45, 7) is 2.14. The normalized spacial score (nSPS) is 26.9. The standard InChI is InChI=1S/C16H17F2N3O3S/c1-10-19-15(20-24-10)16-6-2-3-11(16)8-21(9-16)25(22,23)14-5-4-12(17)7-13(14)18/h4-5,7,11H,2-3,6,8-9H2,1H3. The van der Waals surface area contributed by atoms with Crippen LogP contribution in [0.2, 0.25) is 0 Å². The monoisotopic (exact) mass is 369 g/mol. The minimum absolute atomic E-state index is 0.0581. The third-order valence-electron chi connectivity index (χ3n) is 5.32. The first-order valence-electron chi connectivity index (χ1n) is 8.09. The van der Waals surface area contributed by atoms with Gasteiger partial charge in [-0.3, -0.25) is 0 Å². The number of nitrogens with zero attached hydrogens (tertiary/aromatic N) is 3. The molecule has 1 aliphatic carbocycles. The van der Waals surface area contributed by atoms with E-state index in [2.05, 4.69) is 10.1 Å². The van der Waals surface area contributed by atoms with Gasteiger partial charge in [0, 0.05) is 26.1 Å². The van der Waals surface area contributed by atoms with Crippen LogP contribution in [-0.4, -0.2) is 36.0 Å². The predicted molar refractivity (Wildman–Crippen MR) is 83.2 cm³/mol. The molecule has 2 aliphatic rings. The lowest BCUT2D eigenvalue weighted by Crippen LogP contribution is -2.35. The second-order valence-corrected chi connectivity index (χ2v) is 8.66. The van der Waals surface area contributed by atoms with Gasteiger partial charge in [0.2, 0.25) is 15.9 Å². The number of halogens is 2. The van der Waals surface area contributed by atoms with Crippen molar-refractivity contribution in [3.63, 3.8) is 0 Å². The Labute approximate surface area is 143 Å². The van der Waals surface area contributed by atoms with E-state index in [9.17, 15) is 17.2 Å². The lowest BCUT2D eigenvalue weighted by Gasteiger charge is -2.24. The lowest BCUT2D eigenvalue weighted by atomic mass is 9.80. The predicted octanol–water partition coefficient (Wildman–Crippen LogP) is 2.40. The molecule has 1 aromatic carbocycles. The van der Waals surface area contributed by atoms with Crippen LogP contribution < -0.4 is 0 Å². The van der Waals surface area contributed by atoms with Crippen LogP contribution in [0.3, 0.4) is 0 Å². The SMILES string of the molecule is Cc1nc(C23CCCC2CN(S(=O)(=O)c2ccc(F)cc2F)C3)no1. The van der Waals surface area contributed by atoms with Gasteiger partial charge in [-0.1, -0.05) is 11.6 Å². The number of fused-ring (bicyclic) bond motifs is 1. The largest absolute Gasteiger partial charge is 0.340 e. The topological polar surface area (TPSA) is 76.3 Å². The summed E-state index contributed by atoms with van der Waals surface area (Å²) >= 11 is 0. The number of hydrogen-bond donors (Lipinski definition) is 0. The van der Waals surface area contributed by atoms with Crippen molar-refractivity contribution in [2.24, 2.45) is 5.92 Å². The van der Waals surface area contributed by atoms with Crippen LogP contribution in [0, 0.1) is 24.5 Å². The molecule has 1 saturated carbocycles. The summed E-state index contributed by atoms with van der Waals surface area (Å²) in [6.07, 6.45) is 2.57. The Hall–Kier alpha value is -1.87. The van der Waals surface area contributed by atoms with Crippen molar-refractivity contribution in [2.75, 3.05) is 13.1 Å². The zero-order chi connectivity index (χ0) is 17.8. The Balaban J connectivity index is 1.71. The fourth-order valence-corrected chi connectivity index (χ4v) is 5.72. The molecule has 6 nitrogen and oxygen atoms in total. The highest BCUT2D eigenvalue weighted by Gasteiger charge is 2.56. The van der Waals surface area contributed by atoms with E-state index < -0.39 is 32.0 Å². The van der Waals surface area contributed by atoms with Gasteiger partial charge in [0.25, 0.3) is 0 Å². The van der Waals surface area contributed by atoms with Crippen LogP contribution in [-0.2, 0) is 15.4 Å². The van der Waals surface area contributed by atoms with Crippen LogP contribution in [0.5, 0.6) is 0 Å². The summed E-state index contributed by atoms with van der Waals surface area (Å²) in [5.74, 6) is -0.886. The van der Waals surface area contributed by atoms with Gasteiger partial charge in [0.05, 0.1) is 5.41 Å². The second kappa shape index (κ2) is 5.57. The molecule has 2 aromatic rings. The molecule has 9 heteroatoms. The van der Waals surface area contributed by atoms with E-state index in [4.69, 9.17) is 4.52 Å². The molecule has 134 valence electrons. The first-order chi connectivity index (χ1) is 11.8.